The van der Waals surface area contributed by atoms with Gasteiger partial charge in [0, 0.05) is 37.8 Å². The largest absolute Gasteiger partial charge is 0.385 e. The zero-order chi connectivity index (χ0) is 16.3. The van der Waals surface area contributed by atoms with E-state index in [1.54, 1.807) is 24.5 Å². The van der Waals surface area contributed by atoms with E-state index in [1.165, 1.54) is 0 Å². The van der Waals surface area contributed by atoms with Gasteiger partial charge in [0.1, 0.15) is 0 Å². The minimum Gasteiger partial charge on any atom is -0.385 e. The molecule has 6 heteroatoms. The van der Waals surface area contributed by atoms with Crippen molar-refractivity contribution in [2.75, 3.05) is 31.1 Å². The molecule has 0 bridgehead atoms. The van der Waals surface area contributed by atoms with Crippen molar-refractivity contribution < 1.29 is 9.90 Å². The van der Waals surface area contributed by atoms with Crippen molar-refractivity contribution in [2.24, 2.45) is 0 Å². The van der Waals surface area contributed by atoms with Crippen LogP contribution in [0.5, 0.6) is 0 Å². The summed E-state index contributed by atoms with van der Waals surface area (Å²) in [4.78, 5) is 20.9. The molecule has 1 amide bonds. The zero-order valence-electron chi connectivity index (χ0n) is 13.2. The molecule has 1 saturated heterocycles. The molecular formula is C17H21N3O2S. The van der Waals surface area contributed by atoms with Crippen molar-refractivity contribution in [3.8, 4) is 0 Å². The van der Waals surface area contributed by atoms with E-state index < -0.39 is 5.60 Å². The summed E-state index contributed by atoms with van der Waals surface area (Å²) in [6.07, 6.45) is 1.91. The van der Waals surface area contributed by atoms with Gasteiger partial charge in [0.2, 0.25) is 5.91 Å². The monoisotopic (exact) mass is 331 g/mol. The Hall–Kier alpha value is -1.92. The Kier molecular flexibility index (Phi) is 4.63. The van der Waals surface area contributed by atoms with Crippen LogP contribution >= 0.6 is 11.3 Å². The van der Waals surface area contributed by atoms with Gasteiger partial charge in [0.25, 0.3) is 0 Å². The van der Waals surface area contributed by atoms with Crippen LogP contribution in [0.15, 0.2) is 41.9 Å². The Labute approximate surface area is 140 Å². The smallest absolute Gasteiger partial charge is 0.225 e. The zero-order valence-corrected chi connectivity index (χ0v) is 14.0. The van der Waals surface area contributed by atoms with Crippen molar-refractivity contribution in [1.82, 2.24) is 9.88 Å². The maximum Gasteiger partial charge on any atom is 0.225 e. The second-order valence-electron chi connectivity index (χ2n) is 6.00. The molecule has 23 heavy (non-hydrogen) atoms. The molecule has 122 valence electrons. The maximum atomic E-state index is 12.5. The number of piperazine rings is 1. The predicted octanol–water partition coefficient (Wildman–Crippen LogP) is 2.09. The fourth-order valence-electron chi connectivity index (χ4n) is 2.82. The Morgan fingerprint density at radius 3 is 2.57 bits per heavy atom. The van der Waals surface area contributed by atoms with Crippen molar-refractivity contribution in [3.63, 3.8) is 0 Å². The van der Waals surface area contributed by atoms with Crippen molar-refractivity contribution in [2.45, 2.75) is 18.9 Å². The summed E-state index contributed by atoms with van der Waals surface area (Å²) >= 11 is 1.62. The predicted molar refractivity (Wildman–Crippen MR) is 91.5 cm³/mol. The quantitative estimate of drug-likeness (QED) is 0.932. The lowest BCUT2D eigenvalue weighted by Crippen LogP contribution is -2.50. The van der Waals surface area contributed by atoms with Gasteiger partial charge in [-0.3, -0.25) is 4.79 Å². The van der Waals surface area contributed by atoms with Gasteiger partial charge >= 0.3 is 0 Å². The highest BCUT2D eigenvalue weighted by Crippen LogP contribution is 2.26. The van der Waals surface area contributed by atoms with Crippen LogP contribution in [0.2, 0.25) is 0 Å². The number of hydrogen-bond acceptors (Lipinski definition) is 5. The first-order valence-corrected chi connectivity index (χ1v) is 8.64. The molecule has 0 radical (unpaired) electrons. The van der Waals surface area contributed by atoms with Crippen LogP contribution in [-0.2, 0) is 10.4 Å². The first kappa shape index (κ1) is 16.0. The minimum atomic E-state index is -1.13. The Balaban J connectivity index is 1.57. The van der Waals surface area contributed by atoms with E-state index in [1.807, 2.05) is 40.6 Å². The second-order valence-corrected chi connectivity index (χ2v) is 6.87. The highest BCUT2D eigenvalue weighted by atomic mass is 32.1. The van der Waals surface area contributed by atoms with E-state index in [0.29, 0.717) is 13.1 Å². The first-order chi connectivity index (χ1) is 11.1. The Bertz CT molecular complexity index is 635. The number of nitrogens with zero attached hydrogens (tertiary/aromatic N) is 3. The SMILES string of the molecule is CC(O)(CC(=O)N1CCN(c2nccs2)CC1)c1ccccc1. The van der Waals surface area contributed by atoms with Crippen molar-refractivity contribution in [1.29, 1.82) is 0 Å². The highest BCUT2D eigenvalue weighted by molar-refractivity contribution is 7.13. The molecule has 0 saturated carbocycles. The molecule has 1 aliphatic heterocycles. The molecule has 1 aliphatic rings. The molecule has 3 rings (SSSR count). The van der Waals surface area contributed by atoms with E-state index in [0.717, 1.165) is 23.8 Å². The normalized spacial score (nSPS) is 17.8. The average Bonchev–Trinajstić information content (AvgIpc) is 3.10. The molecule has 0 spiro atoms. The number of thiazole rings is 1. The lowest BCUT2D eigenvalue weighted by Gasteiger charge is -2.36. The fourth-order valence-corrected chi connectivity index (χ4v) is 3.52. The van der Waals surface area contributed by atoms with E-state index in [9.17, 15) is 9.90 Å². The number of rotatable bonds is 4. The molecule has 1 atom stereocenters. The van der Waals surface area contributed by atoms with Crippen molar-refractivity contribution in [3.05, 3.63) is 47.5 Å². The molecule has 1 N–H and O–H groups in total. The van der Waals surface area contributed by atoms with Crippen LogP contribution in [0.25, 0.3) is 0 Å². The molecule has 1 fully saturated rings. The van der Waals surface area contributed by atoms with Crippen LogP contribution in [0.1, 0.15) is 18.9 Å². The number of aliphatic hydroxyl groups is 1. The van der Waals surface area contributed by atoms with Gasteiger partial charge in [0.05, 0.1) is 12.0 Å². The molecular weight excluding hydrogens is 310 g/mol. The fraction of sp³-hybridized carbons (Fsp3) is 0.412. The summed E-state index contributed by atoms with van der Waals surface area (Å²) in [5.41, 5.74) is -0.361. The van der Waals surface area contributed by atoms with Gasteiger partial charge in [-0.05, 0) is 12.5 Å². The Morgan fingerprint density at radius 1 is 1.26 bits per heavy atom. The lowest BCUT2D eigenvalue weighted by atomic mass is 9.92. The summed E-state index contributed by atoms with van der Waals surface area (Å²) in [5, 5.41) is 13.6. The third-order valence-electron chi connectivity index (χ3n) is 4.21. The molecule has 0 aliphatic carbocycles. The van der Waals surface area contributed by atoms with E-state index in [2.05, 4.69) is 9.88 Å². The van der Waals surface area contributed by atoms with Gasteiger partial charge in [-0.15, -0.1) is 11.3 Å². The molecule has 5 nitrogen and oxygen atoms in total. The maximum absolute atomic E-state index is 12.5. The third kappa shape index (κ3) is 3.71. The number of hydrogen-bond donors (Lipinski definition) is 1. The molecule has 2 heterocycles. The number of carbonyl (C=O) groups is 1. The van der Waals surface area contributed by atoms with Gasteiger partial charge in [-0.1, -0.05) is 30.3 Å². The summed E-state index contributed by atoms with van der Waals surface area (Å²) in [5.74, 6) is -0.00218. The minimum absolute atomic E-state index is 0.00218. The summed E-state index contributed by atoms with van der Waals surface area (Å²) in [6, 6.07) is 9.36. The van der Waals surface area contributed by atoms with E-state index >= 15 is 0 Å². The second kappa shape index (κ2) is 6.68. The number of carbonyl (C=O) groups excluding carboxylic acids is 1. The summed E-state index contributed by atoms with van der Waals surface area (Å²) in [6.45, 7) is 4.61. The lowest BCUT2D eigenvalue weighted by molar-refractivity contribution is -0.136. The molecule has 1 aromatic carbocycles. The van der Waals surface area contributed by atoms with Gasteiger partial charge in [-0.2, -0.15) is 0 Å². The number of anilines is 1. The first-order valence-electron chi connectivity index (χ1n) is 7.76. The summed E-state index contributed by atoms with van der Waals surface area (Å²) < 4.78 is 0. The van der Waals surface area contributed by atoms with Crippen molar-refractivity contribution >= 4 is 22.4 Å². The molecule has 2 aromatic rings. The number of amides is 1. The number of aromatic nitrogens is 1. The molecule has 1 aromatic heterocycles. The Morgan fingerprint density at radius 2 is 1.96 bits per heavy atom. The van der Waals surface area contributed by atoms with Crippen LogP contribution < -0.4 is 4.90 Å². The van der Waals surface area contributed by atoms with Crippen LogP contribution in [-0.4, -0.2) is 47.1 Å². The standard InChI is InChI=1S/C17H21N3O2S/c1-17(22,14-5-3-2-4-6-14)13-15(21)19-8-10-20(11-9-19)16-18-7-12-23-16/h2-7,12,22H,8-11,13H2,1H3. The highest BCUT2D eigenvalue weighted by Gasteiger charge is 2.30. The topological polar surface area (TPSA) is 56.7 Å². The number of benzene rings is 1. The van der Waals surface area contributed by atoms with E-state index in [-0.39, 0.29) is 12.3 Å². The molecule has 1 unspecified atom stereocenters. The average molecular weight is 331 g/mol. The van der Waals surface area contributed by atoms with Crippen LogP contribution in [0, 0.1) is 0 Å². The summed E-state index contributed by atoms with van der Waals surface area (Å²) in [7, 11) is 0. The van der Waals surface area contributed by atoms with Gasteiger partial charge in [-0.25, -0.2) is 4.98 Å². The van der Waals surface area contributed by atoms with Crippen LogP contribution in [0.4, 0.5) is 5.13 Å². The van der Waals surface area contributed by atoms with Gasteiger partial charge in [0.15, 0.2) is 5.13 Å². The van der Waals surface area contributed by atoms with Crippen LogP contribution in [0.3, 0.4) is 0 Å². The van der Waals surface area contributed by atoms with Gasteiger partial charge < -0.3 is 14.9 Å². The third-order valence-corrected chi connectivity index (χ3v) is 5.05. The van der Waals surface area contributed by atoms with E-state index in [4.69, 9.17) is 0 Å².